The van der Waals surface area contributed by atoms with Gasteiger partial charge in [-0.05, 0) is 42.2 Å². The molecule has 1 N–H and O–H groups in total. The molecular weight excluding hydrogens is 412 g/mol. The number of fused-ring (bicyclic) bond motifs is 1. The number of nitrogens with one attached hydrogen (secondary N) is 1. The van der Waals surface area contributed by atoms with Crippen molar-refractivity contribution in [1.82, 2.24) is 10.2 Å². The Morgan fingerprint density at radius 2 is 1.86 bits per heavy atom. The van der Waals surface area contributed by atoms with Gasteiger partial charge in [0.05, 0.1) is 5.75 Å². The minimum Gasteiger partial charge on any atom is -0.354 e. The second-order valence-electron chi connectivity index (χ2n) is 7.19. The molecule has 1 heterocycles. The number of carbonyl (C=O) groups excluding carboxylic acids is 2. The van der Waals surface area contributed by atoms with Gasteiger partial charge < -0.3 is 10.2 Å². The van der Waals surface area contributed by atoms with E-state index in [1.165, 1.54) is 4.90 Å². The van der Waals surface area contributed by atoms with E-state index in [-0.39, 0.29) is 24.0 Å². The highest BCUT2D eigenvalue weighted by molar-refractivity contribution is 7.90. The largest absolute Gasteiger partial charge is 0.354 e. The van der Waals surface area contributed by atoms with Crippen molar-refractivity contribution in [3.05, 3.63) is 70.2 Å². The van der Waals surface area contributed by atoms with E-state index >= 15 is 0 Å². The smallest absolute Gasteiger partial charge is 0.255 e. The highest BCUT2D eigenvalue weighted by Gasteiger charge is 2.36. The van der Waals surface area contributed by atoms with Crippen LogP contribution in [-0.2, 0) is 27.6 Å². The van der Waals surface area contributed by atoms with Gasteiger partial charge in [0.1, 0.15) is 15.9 Å². The number of carbonyl (C=O) groups is 2. The van der Waals surface area contributed by atoms with Crippen molar-refractivity contribution in [1.29, 1.82) is 0 Å². The van der Waals surface area contributed by atoms with Crippen molar-refractivity contribution < 1.29 is 18.0 Å². The number of nitrogens with zero attached hydrogens (tertiary/aromatic N) is 1. The second kappa shape index (κ2) is 8.97. The second-order valence-corrected chi connectivity index (χ2v) is 9.89. The normalized spacial score (nSPS) is 14.6. The number of sulfone groups is 1. The molecule has 2 aromatic rings. The molecule has 154 valence electrons. The molecule has 0 saturated carbocycles. The molecule has 0 aromatic heterocycles. The van der Waals surface area contributed by atoms with Crippen LogP contribution in [0.2, 0.25) is 5.02 Å². The lowest BCUT2D eigenvalue weighted by atomic mass is 10.1. The summed E-state index contributed by atoms with van der Waals surface area (Å²) in [6.07, 6.45) is 1.80. The average molecular weight is 435 g/mol. The molecule has 1 aliphatic heterocycles. The summed E-state index contributed by atoms with van der Waals surface area (Å²) in [5.74, 6) is -0.752. The molecule has 0 bridgehead atoms. The molecule has 0 saturated heterocycles. The molecule has 0 aliphatic carbocycles. The maximum atomic E-state index is 12.9. The Hall–Kier alpha value is -2.38. The van der Waals surface area contributed by atoms with E-state index < -0.39 is 15.9 Å². The van der Waals surface area contributed by atoms with E-state index in [9.17, 15) is 18.0 Å². The third-order valence-electron chi connectivity index (χ3n) is 4.92. The third-order valence-corrected chi connectivity index (χ3v) is 6.15. The Bertz CT molecular complexity index is 1010. The molecule has 2 aromatic carbocycles. The predicted octanol–water partition coefficient (Wildman–Crippen LogP) is 2.46. The van der Waals surface area contributed by atoms with Gasteiger partial charge in [0, 0.05) is 29.9 Å². The summed E-state index contributed by atoms with van der Waals surface area (Å²) < 4.78 is 23.3. The van der Waals surface area contributed by atoms with Gasteiger partial charge in [-0.1, -0.05) is 41.9 Å². The zero-order valence-electron chi connectivity index (χ0n) is 16.1. The standard InChI is InChI=1S/C21H23ClN2O4S/c1-29(27,28)13-11-19(24-14-16-4-2-3-5-18(16)21(24)26)20(25)23-12-10-15-6-8-17(22)9-7-15/h2-9,19H,10-14H2,1H3,(H,23,25)/t19-/m1/s1. The monoisotopic (exact) mass is 434 g/mol. The molecule has 0 spiro atoms. The third kappa shape index (κ3) is 5.58. The fourth-order valence-electron chi connectivity index (χ4n) is 3.38. The van der Waals surface area contributed by atoms with Crippen molar-refractivity contribution in [2.45, 2.75) is 25.4 Å². The summed E-state index contributed by atoms with van der Waals surface area (Å²) in [6, 6.07) is 13.7. The van der Waals surface area contributed by atoms with Crippen molar-refractivity contribution in [3.63, 3.8) is 0 Å². The van der Waals surface area contributed by atoms with Gasteiger partial charge in [0.15, 0.2) is 0 Å². The van der Waals surface area contributed by atoms with E-state index in [0.29, 0.717) is 30.1 Å². The minimum absolute atomic E-state index is 0.0609. The van der Waals surface area contributed by atoms with Crippen LogP contribution in [0.15, 0.2) is 48.5 Å². The first kappa shape index (κ1) is 21.3. The fourth-order valence-corrected chi connectivity index (χ4v) is 4.16. The van der Waals surface area contributed by atoms with Crippen molar-refractivity contribution in [2.24, 2.45) is 0 Å². The van der Waals surface area contributed by atoms with Gasteiger partial charge in [-0.3, -0.25) is 9.59 Å². The maximum Gasteiger partial charge on any atom is 0.255 e. The fraction of sp³-hybridized carbons (Fsp3) is 0.333. The molecule has 2 amide bonds. The average Bonchev–Trinajstić information content (AvgIpc) is 2.99. The molecule has 1 aliphatic rings. The van der Waals surface area contributed by atoms with Crippen LogP contribution in [0.3, 0.4) is 0 Å². The van der Waals surface area contributed by atoms with Gasteiger partial charge in [-0.15, -0.1) is 0 Å². The molecule has 0 radical (unpaired) electrons. The van der Waals surface area contributed by atoms with Crippen LogP contribution in [0.5, 0.6) is 0 Å². The Balaban J connectivity index is 1.69. The van der Waals surface area contributed by atoms with Crippen LogP contribution < -0.4 is 5.32 Å². The van der Waals surface area contributed by atoms with Gasteiger partial charge in [0.25, 0.3) is 5.91 Å². The highest BCUT2D eigenvalue weighted by Crippen LogP contribution is 2.25. The van der Waals surface area contributed by atoms with Gasteiger partial charge >= 0.3 is 0 Å². The van der Waals surface area contributed by atoms with E-state index in [0.717, 1.165) is 17.4 Å². The van der Waals surface area contributed by atoms with Crippen molar-refractivity contribution in [2.75, 3.05) is 18.6 Å². The van der Waals surface area contributed by atoms with Crippen LogP contribution in [0, 0.1) is 0 Å². The van der Waals surface area contributed by atoms with Gasteiger partial charge in [-0.25, -0.2) is 8.42 Å². The number of halogens is 1. The summed E-state index contributed by atoms with van der Waals surface area (Å²) in [5, 5.41) is 3.49. The zero-order valence-corrected chi connectivity index (χ0v) is 17.7. The number of hydrogen-bond acceptors (Lipinski definition) is 4. The van der Waals surface area contributed by atoms with Crippen LogP contribution in [0.1, 0.15) is 27.9 Å². The van der Waals surface area contributed by atoms with E-state index in [1.807, 2.05) is 24.3 Å². The van der Waals surface area contributed by atoms with Crippen LogP contribution in [-0.4, -0.2) is 49.7 Å². The Morgan fingerprint density at radius 3 is 2.52 bits per heavy atom. The molecule has 29 heavy (non-hydrogen) atoms. The van der Waals surface area contributed by atoms with Gasteiger partial charge in [-0.2, -0.15) is 0 Å². The molecule has 1 atom stereocenters. The first-order valence-electron chi connectivity index (χ1n) is 9.33. The topological polar surface area (TPSA) is 83.6 Å². The molecule has 8 heteroatoms. The Kier molecular flexibility index (Phi) is 6.59. The Morgan fingerprint density at radius 1 is 1.17 bits per heavy atom. The van der Waals surface area contributed by atoms with Crippen molar-refractivity contribution in [3.8, 4) is 0 Å². The number of benzene rings is 2. The molecule has 0 unspecified atom stereocenters. The summed E-state index contributed by atoms with van der Waals surface area (Å²) in [7, 11) is -3.27. The number of hydrogen-bond donors (Lipinski definition) is 1. The van der Waals surface area contributed by atoms with E-state index in [4.69, 9.17) is 11.6 Å². The first-order valence-corrected chi connectivity index (χ1v) is 11.8. The van der Waals surface area contributed by atoms with Crippen LogP contribution >= 0.6 is 11.6 Å². The maximum absolute atomic E-state index is 12.9. The quantitative estimate of drug-likeness (QED) is 0.691. The van der Waals surface area contributed by atoms with E-state index in [2.05, 4.69) is 5.32 Å². The first-order chi connectivity index (χ1) is 13.7. The molecule has 6 nitrogen and oxygen atoms in total. The lowest BCUT2D eigenvalue weighted by molar-refractivity contribution is -0.125. The highest BCUT2D eigenvalue weighted by atomic mass is 35.5. The predicted molar refractivity (Wildman–Crippen MR) is 113 cm³/mol. The number of rotatable bonds is 8. The van der Waals surface area contributed by atoms with Crippen molar-refractivity contribution >= 4 is 33.3 Å². The summed E-state index contributed by atoms with van der Waals surface area (Å²) in [6.45, 7) is 0.679. The van der Waals surface area contributed by atoms with Crippen LogP contribution in [0.4, 0.5) is 0 Å². The summed E-state index contributed by atoms with van der Waals surface area (Å²) in [4.78, 5) is 27.1. The Labute approximate surface area is 175 Å². The summed E-state index contributed by atoms with van der Waals surface area (Å²) in [5.41, 5.74) is 2.42. The van der Waals surface area contributed by atoms with Gasteiger partial charge in [0.2, 0.25) is 5.91 Å². The molecular formula is C21H23ClN2O4S. The van der Waals surface area contributed by atoms with E-state index in [1.54, 1.807) is 24.3 Å². The summed E-state index contributed by atoms with van der Waals surface area (Å²) >= 11 is 5.88. The molecule has 0 fully saturated rings. The SMILES string of the molecule is CS(=O)(=O)CC[C@H](C(=O)NCCc1ccc(Cl)cc1)N1Cc2ccccc2C1=O. The number of amides is 2. The minimum atomic E-state index is -3.27. The van der Waals surface area contributed by atoms with Crippen LogP contribution in [0.25, 0.3) is 0 Å². The lowest BCUT2D eigenvalue weighted by Crippen LogP contribution is -2.48. The molecule has 3 rings (SSSR count). The lowest BCUT2D eigenvalue weighted by Gasteiger charge is -2.26. The zero-order chi connectivity index (χ0) is 21.0.